The molecule has 0 spiro atoms. The van der Waals surface area contributed by atoms with Gasteiger partial charge in [0.1, 0.15) is 0 Å². The third kappa shape index (κ3) is 1.29. The molecule has 1 aromatic rings. The third-order valence-corrected chi connectivity index (χ3v) is 4.59. The summed E-state index contributed by atoms with van der Waals surface area (Å²) in [5, 5.41) is 0. The van der Waals surface area contributed by atoms with Crippen molar-refractivity contribution in [2.24, 2.45) is 11.8 Å². The maximum atomic E-state index is 12.7. The molecule has 1 aromatic carbocycles. The summed E-state index contributed by atoms with van der Waals surface area (Å²) in [5.41, 5.74) is 1.07. The molecule has 2 amide bonds. The normalized spacial score (nSPS) is 37.9. The first-order chi connectivity index (χ1) is 9.51. The number of rotatable bonds is 1. The molecule has 20 heavy (non-hydrogen) atoms. The highest BCUT2D eigenvalue weighted by atomic mass is 16.5. The molecule has 4 nitrogen and oxygen atoms in total. The molecule has 102 valence electrons. The Bertz CT molecular complexity index is 665. The summed E-state index contributed by atoms with van der Waals surface area (Å²) in [7, 11) is 0. The van der Waals surface area contributed by atoms with E-state index < -0.39 is 5.60 Å². The average molecular weight is 269 g/mol. The van der Waals surface area contributed by atoms with Gasteiger partial charge in [-0.1, -0.05) is 24.3 Å². The van der Waals surface area contributed by atoms with Crippen molar-refractivity contribution in [3.63, 3.8) is 0 Å². The van der Waals surface area contributed by atoms with Crippen LogP contribution in [0, 0.1) is 18.8 Å². The Kier molecular flexibility index (Phi) is 2.12. The van der Waals surface area contributed by atoms with Crippen molar-refractivity contribution in [3.05, 3.63) is 42.0 Å². The van der Waals surface area contributed by atoms with Crippen LogP contribution < -0.4 is 4.90 Å². The molecule has 2 saturated heterocycles. The number of hydrogen-bond donors (Lipinski definition) is 0. The van der Waals surface area contributed by atoms with Crippen molar-refractivity contribution >= 4 is 17.5 Å². The zero-order valence-corrected chi connectivity index (χ0v) is 11.4. The van der Waals surface area contributed by atoms with Gasteiger partial charge in [-0.25, -0.2) is 4.90 Å². The first-order valence-corrected chi connectivity index (χ1v) is 6.83. The van der Waals surface area contributed by atoms with Gasteiger partial charge < -0.3 is 4.74 Å². The van der Waals surface area contributed by atoms with Gasteiger partial charge in [0.05, 0.1) is 29.2 Å². The first-order valence-electron chi connectivity index (χ1n) is 6.83. The lowest BCUT2D eigenvalue weighted by Crippen LogP contribution is -2.38. The number of hydrogen-bond acceptors (Lipinski definition) is 3. The van der Waals surface area contributed by atoms with E-state index in [1.54, 1.807) is 0 Å². The number of benzene rings is 1. The lowest BCUT2D eigenvalue weighted by atomic mass is 9.78. The van der Waals surface area contributed by atoms with E-state index in [0.29, 0.717) is 5.69 Å². The molecule has 4 atom stereocenters. The molecule has 0 aromatic heterocycles. The van der Waals surface area contributed by atoms with Crippen molar-refractivity contribution in [1.82, 2.24) is 0 Å². The molecule has 0 unspecified atom stereocenters. The summed E-state index contributed by atoms with van der Waals surface area (Å²) in [6, 6.07) is 7.49. The van der Waals surface area contributed by atoms with E-state index in [1.807, 2.05) is 50.3 Å². The SMILES string of the molecule is Cc1cccc(N2C(=O)[C@@H]3[C@@H](C2=O)[C@]2(C)C=C[C@H]3O2)c1. The number of carbonyl (C=O) groups is 2. The van der Waals surface area contributed by atoms with Crippen molar-refractivity contribution < 1.29 is 14.3 Å². The maximum absolute atomic E-state index is 12.7. The fraction of sp³-hybridized carbons (Fsp3) is 0.375. The molecule has 3 heterocycles. The smallest absolute Gasteiger partial charge is 0.241 e. The van der Waals surface area contributed by atoms with Crippen LogP contribution in [0.4, 0.5) is 5.69 Å². The minimum atomic E-state index is -0.624. The van der Waals surface area contributed by atoms with E-state index in [1.165, 1.54) is 4.90 Å². The number of amides is 2. The van der Waals surface area contributed by atoms with Gasteiger partial charge in [-0.3, -0.25) is 9.59 Å². The van der Waals surface area contributed by atoms with Crippen molar-refractivity contribution in [2.45, 2.75) is 25.6 Å². The summed E-state index contributed by atoms with van der Waals surface area (Å²) < 4.78 is 5.80. The molecule has 2 bridgehead atoms. The molecular weight excluding hydrogens is 254 g/mol. The van der Waals surface area contributed by atoms with Crippen LogP contribution in [-0.2, 0) is 14.3 Å². The number of anilines is 1. The molecule has 2 fully saturated rings. The van der Waals surface area contributed by atoms with Crippen LogP contribution in [0.5, 0.6) is 0 Å². The third-order valence-electron chi connectivity index (χ3n) is 4.59. The van der Waals surface area contributed by atoms with E-state index in [9.17, 15) is 9.59 Å². The summed E-state index contributed by atoms with van der Waals surface area (Å²) in [6.45, 7) is 3.84. The number of imide groups is 1. The number of aryl methyl sites for hydroxylation is 1. The Morgan fingerprint density at radius 1 is 1.25 bits per heavy atom. The molecule has 0 N–H and O–H groups in total. The molecule has 4 rings (SSSR count). The van der Waals surface area contributed by atoms with Gasteiger partial charge in [0.15, 0.2) is 0 Å². The molecule has 3 aliphatic rings. The second kappa shape index (κ2) is 3.58. The highest BCUT2D eigenvalue weighted by Crippen LogP contribution is 2.52. The summed E-state index contributed by atoms with van der Waals surface area (Å²) in [4.78, 5) is 26.7. The van der Waals surface area contributed by atoms with Crippen LogP contribution in [-0.4, -0.2) is 23.5 Å². The van der Waals surface area contributed by atoms with Gasteiger partial charge in [0, 0.05) is 0 Å². The molecule has 0 radical (unpaired) electrons. The summed E-state index contributed by atoms with van der Waals surface area (Å²) in [6.07, 6.45) is 3.58. The van der Waals surface area contributed by atoms with Crippen molar-refractivity contribution in [3.8, 4) is 0 Å². The summed E-state index contributed by atoms with van der Waals surface area (Å²) >= 11 is 0. The van der Waals surface area contributed by atoms with Gasteiger partial charge >= 0.3 is 0 Å². The van der Waals surface area contributed by atoms with Crippen LogP contribution in [0.1, 0.15) is 12.5 Å². The van der Waals surface area contributed by atoms with Crippen LogP contribution in [0.15, 0.2) is 36.4 Å². The van der Waals surface area contributed by atoms with Gasteiger partial charge in [0.2, 0.25) is 11.8 Å². The van der Waals surface area contributed by atoms with Crippen LogP contribution in [0.2, 0.25) is 0 Å². The average Bonchev–Trinajstić information content (AvgIpc) is 2.99. The lowest BCUT2D eigenvalue weighted by molar-refractivity contribution is -0.126. The molecule has 3 aliphatic heterocycles. The molecular formula is C16H15NO3. The zero-order valence-electron chi connectivity index (χ0n) is 11.4. The monoisotopic (exact) mass is 269 g/mol. The number of carbonyl (C=O) groups excluding carboxylic acids is 2. The van der Waals surface area contributed by atoms with Crippen LogP contribution in [0.25, 0.3) is 0 Å². The summed E-state index contributed by atoms with van der Waals surface area (Å²) in [5.74, 6) is -1.02. The Morgan fingerprint density at radius 3 is 2.75 bits per heavy atom. The first kappa shape index (κ1) is 11.9. The maximum Gasteiger partial charge on any atom is 0.241 e. The Balaban J connectivity index is 1.79. The number of fused-ring (bicyclic) bond motifs is 5. The lowest BCUT2D eigenvalue weighted by Gasteiger charge is -2.24. The van der Waals surface area contributed by atoms with E-state index in [2.05, 4.69) is 0 Å². The van der Waals surface area contributed by atoms with Gasteiger partial charge in [-0.05, 0) is 31.5 Å². The quantitative estimate of drug-likeness (QED) is 0.577. The van der Waals surface area contributed by atoms with Crippen molar-refractivity contribution in [1.29, 1.82) is 0 Å². The minimum absolute atomic E-state index is 0.135. The highest BCUT2D eigenvalue weighted by molar-refractivity contribution is 6.23. The Morgan fingerprint density at radius 2 is 2.05 bits per heavy atom. The van der Waals surface area contributed by atoms with Crippen LogP contribution in [0.3, 0.4) is 0 Å². The fourth-order valence-electron chi connectivity index (χ4n) is 3.67. The highest BCUT2D eigenvalue weighted by Gasteiger charge is 2.65. The zero-order chi connectivity index (χ0) is 14.1. The van der Waals surface area contributed by atoms with Crippen molar-refractivity contribution in [2.75, 3.05) is 4.90 Å². The minimum Gasteiger partial charge on any atom is -0.362 e. The standard InChI is InChI=1S/C16H15NO3/c1-9-4-3-5-10(8-9)17-14(18)12-11-6-7-16(2,20-11)13(12)15(17)19/h3-8,11-13H,1-2H3/t11-,12+,13+,16+/m1/s1. The number of nitrogens with zero attached hydrogens (tertiary/aromatic N) is 1. The van der Waals surface area contributed by atoms with E-state index >= 15 is 0 Å². The molecule has 0 aliphatic carbocycles. The largest absolute Gasteiger partial charge is 0.362 e. The van der Waals surface area contributed by atoms with Gasteiger partial charge in [-0.15, -0.1) is 0 Å². The second-order valence-electron chi connectivity index (χ2n) is 5.98. The fourth-order valence-corrected chi connectivity index (χ4v) is 3.67. The Labute approximate surface area is 117 Å². The van der Waals surface area contributed by atoms with Gasteiger partial charge in [0.25, 0.3) is 0 Å². The van der Waals surface area contributed by atoms with Gasteiger partial charge in [-0.2, -0.15) is 0 Å². The Hall–Kier alpha value is -1.94. The second-order valence-corrected chi connectivity index (χ2v) is 5.98. The topological polar surface area (TPSA) is 46.6 Å². The predicted octanol–water partition coefficient (Wildman–Crippen LogP) is 1.83. The van der Waals surface area contributed by atoms with E-state index in [0.717, 1.165) is 5.56 Å². The van der Waals surface area contributed by atoms with Crippen LogP contribution >= 0.6 is 0 Å². The molecule has 4 heteroatoms. The van der Waals surface area contributed by atoms with E-state index in [-0.39, 0.29) is 29.8 Å². The predicted molar refractivity (Wildman–Crippen MR) is 73.1 cm³/mol. The molecule has 0 saturated carbocycles. The van der Waals surface area contributed by atoms with E-state index in [4.69, 9.17) is 4.74 Å². The number of ether oxygens (including phenoxy) is 1.